The summed E-state index contributed by atoms with van der Waals surface area (Å²) in [7, 11) is 1.85. The Bertz CT molecular complexity index is 438. The van der Waals surface area contributed by atoms with Crippen molar-refractivity contribution in [3.63, 3.8) is 0 Å². The van der Waals surface area contributed by atoms with Crippen molar-refractivity contribution in [2.24, 2.45) is 0 Å². The summed E-state index contributed by atoms with van der Waals surface area (Å²) < 4.78 is 22.0. The van der Waals surface area contributed by atoms with Crippen LogP contribution in [-0.2, 0) is 9.05 Å². The molecule has 0 bridgehead atoms. The summed E-state index contributed by atoms with van der Waals surface area (Å²) in [5, 5.41) is 0.241. The molecular formula is C9H8Cl2O2S. The van der Waals surface area contributed by atoms with Crippen LogP contribution in [-0.4, -0.2) is 13.7 Å². The Balaban J connectivity index is 2.18. The lowest BCUT2D eigenvalue weighted by Gasteiger charge is -1.98. The van der Waals surface area contributed by atoms with E-state index in [0.29, 0.717) is 11.4 Å². The van der Waals surface area contributed by atoms with E-state index in [9.17, 15) is 8.42 Å². The van der Waals surface area contributed by atoms with Gasteiger partial charge in [-0.15, -0.1) is 0 Å². The average molecular weight is 251 g/mol. The van der Waals surface area contributed by atoms with Gasteiger partial charge in [-0.25, -0.2) is 8.42 Å². The average Bonchev–Trinajstić information content (AvgIpc) is 2.83. The zero-order valence-electron chi connectivity index (χ0n) is 7.15. The Morgan fingerprint density at radius 1 is 1.21 bits per heavy atom. The first-order valence-electron chi connectivity index (χ1n) is 4.17. The van der Waals surface area contributed by atoms with E-state index in [0.717, 1.165) is 5.56 Å². The van der Waals surface area contributed by atoms with Crippen LogP contribution in [0, 0.1) is 0 Å². The third kappa shape index (κ3) is 2.05. The fraction of sp³-hybridized carbons (Fsp3) is 0.333. The van der Waals surface area contributed by atoms with Gasteiger partial charge in [0, 0.05) is 21.6 Å². The van der Waals surface area contributed by atoms with Gasteiger partial charge in [0.25, 0.3) is 0 Å². The molecule has 0 aromatic heterocycles. The van der Waals surface area contributed by atoms with E-state index >= 15 is 0 Å². The van der Waals surface area contributed by atoms with E-state index in [1.807, 2.05) is 12.1 Å². The molecule has 0 unspecified atom stereocenters. The second-order valence-corrected chi connectivity index (χ2v) is 6.69. The maximum Gasteiger partial charge on any atom is 0.236 e. The van der Waals surface area contributed by atoms with Gasteiger partial charge in [0.15, 0.2) is 0 Å². The van der Waals surface area contributed by atoms with E-state index in [1.54, 1.807) is 12.1 Å². The van der Waals surface area contributed by atoms with Crippen molar-refractivity contribution in [1.82, 2.24) is 0 Å². The van der Waals surface area contributed by atoms with Crippen LogP contribution in [0.15, 0.2) is 24.3 Å². The summed E-state index contributed by atoms with van der Waals surface area (Å²) in [6.07, 6.45) is 0.619. The lowest BCUT2D eigenvalue weighted by molar-refractivity contribution is 0.607. The van der Waals surface area contributed by atoms with E-state index in [1.165, 1.54) is 0 Å². The third-order valence-electron chi connectivity index (χ3n) is 2.39. The minimum Gasteiger partial charge on any atom is -0.212 e. The van der Waals surface area contributed by atoms with Gasteiger partial charge in [-0.1, -0.05) is 23.7 Å². The van der Waals surface area contributed by atoms with Crippen molar-refractivity contribution in [3.8, 4) is 0 Å². The van der Waals surface area contributed by atoms with Crippen LogP contribution in [0.2, 0.25) is 5.02 Å². The SMILES string of the molecule is O=S(=O)(Cl)[C@@H]1C[C@H]1c1ccc(Cl)cc1. The molecule has 1 fully saturated rings. The van der Waals surface area contributed by atoms with Crippen molar-refractivity contribution in [2.45, 2.75) is 17.6 Å². The van der Waals surface area contributed by atoms with E-state index in [-0.39, 0.29) is 5.92 Å². The fourth-order valence-corrected chi connectivity index (χ4v) is 3.25. The minimum absolute atomic E-state index is 0.0507. The molecule has 0 saturated heterocycles. The number of halogens is 2. The van der Waals surface area contributed by atoms with Crippen LogP contribution in [0.25, 0.3) is 0 Å². The Kier molecular flexibility index (Phi) is 2.50. The highest BCUT2D eigenvalue weighted by Crippen LogP contribution is 2.47. The van der Waals surface area contributed by atoms with Crippen molar-refractivity contribution < 1.29 is 8.42 Å². The number of benzene rings is 1. The largest absolute Gasteiger partial charge is 0.236 e. The quantitative estimate of drug-likeness (QED) is 0.757. The van der Waals surface area contributed by atoms with Crippen LogP contribution < -0.4 is 0 Å². The van der Waals surface area contributed by atoms with Crippen LogP contribution in [0.1, 0.15) is 17.9 Å². The molecule has 1 aliphatic carbocycles. The molecule has 14 heavy (non-hydrogen) atoms. The van der Waals surface area contributed by atoms with Crippen LogP contribution in [0.3, 0.4) is 0 Å². The predicted molar refractivity (Wildman–Crippen MR) is 57.4 cm³/mol. The molecule has 1 aromatic carbocycles. The topological polar surface area (TPSA) is 34.1 Å². The van der Waals surface area contributed by atoms with Gasteiger partial charge in [0.2, 0.25) is 9.05 Å². The van der Waals surface area contributed by atoms with E-state index in [2.05, 4.69) is 0 Å². The molecule has 2 rings (SSSR count). The summed E-state index contributed by atoms with van der Waals surface area (Å²) in [6.45, 7) is 0. The number of rotatable bonds is 2. The Morgan fingerprint density at radius 2 is 1.79 bits per heavy atom. The summed E-state index contributed by atoms with van der Waals surface area (Å²) >= 11 is 5.72. The Labute approximate surface area is 92.3 Å². The standard InChI is InChI=1S/C9H8Cl2O2S/c10-7-3-1-6(2-4-7)8-5-9(8)14(11,12)13/h1-4,8-9H,5H2/t8-,9+/m0/s1. The molecule has 1 aliphatic rings. The van der Waals surface area contributed by atoms with Gasteiger partial charge in [-0.05, 0) is 24.1 Å². The molecule has 1 aromatic rings. The van der Waals surface area contributed by atoms with Gasteiger partial charge >= 0.3 is 0 Å². The highest BCUT2D eigenvalue weighted by molar-refractivity contribution is 8.14. The van der Waals surface area contributed by atoms with Crippen molar-refractivity contribution >= 4 is 31.3 Å². The second kappa shape index (κ2) is 3.40. The third-order valence-corrected chi connectivity index (χ3v) is 4.57. The maximum absolute atomic E-state index is 11.0. The van der Waals surface area contributed by atoms with Crippen molar-refractivity contribution in [3.05, 3.63) is 34.9 Å². The molecular weight excluding hydrogens is 243 g/mol. The summed E-state index contributed by atoms with van der Waals surface area (Å²) in [5.41, 5.74) is 0.989. The van der Waals surface area contributed by atoms with E-state index in [4.69, 9.17) is 22.3 Å². The summed E-state index contributed by atoms with van der Waals surface area (Å²) in [4.78, 5) is 0. The first-order chi connectivity index (χ1) is 6.48. The second-order valence-electron chi connectivity index (χ2n) is 3.41. The number of hydrogen-bond acceptors (Lipinski definition) is 2. The Hall–Kier alpha value is -0.250. The highest BCUT2D eigenvalue weighted by atomic mass is 35.7. The zero-order chi connectivity index (χ0) is 10.3. The van der Waals surface area contributed by atoms with Crippen LogP contribution >= 0.6 is 22.3 Å². The van der Waals surface area contributed by atoms with E-state index < -0.39 is 14.3 Å². The fourth-order valence-electron chi connectivity index (χ4n) is 1.54. The molecule has 0 radical (unpaired) electrons. The molecule has 5 heteroatoms. The molecule has 0 amide bonds. The van der Waals surface area contributed by atoms with Gasteiger partial charge in [-0.2, -0.15) is 0 Å². The smallest absolute Gasteiger partial charge is 0.212 e. The van der Waals surface area contributed by atoms with Gasteiger partial charge < -0.3 is 0 Å². The highest BCUT2D eigenvalue weighted by Gasteiger charge is 2.47. The molecule has 0 heterocycles. The Morgan fingerprint density at radius 3 is 2.21 bits per heavy atom. The first-order valence-corrected chi connectivity index (χ1v) is 6.92. The molecule has 0 spiro atoms. The molecule has 2 nitrogen and oxygen atoms in total. The van der Waals surface area contributed by atoms with Gasteiger partial charge in [0.1, 0.15) is 0 Å². The van der Waals surface area contributed by atoms with Crippen LogP contribution in [0.5, 0.6) is 0 Å². The lowest BCUT2D eigenvalue weighted by atomic mass is 10.1. The summed E-state index contributed by atoms with van der Waals surface area (Å²) in [6, 6.07) is 7.20. The van der Waals surface area contributed by atoms with Gasteiger partial charge in [-0.3, -0.25) is 0 Å². The number of hydrogen-bond donors (Lipinski definition) is 0. The van der Waals surface area contributed by atoms with Crippen LogP contribution in [0.4, 0.5) is 0 Å². The molecule has 1 saturated carbocycles. The molecule has 0 N–H and O–H groups in total. The first kappa shape index (κ1) is 10.3. The molecule has 76 valence electrons. The van der Waals surface area contributed by atoms with Crippen molar-refractivity contribution in [1.29, 1.82) is 0 Å². The zero-order valence-corrected chi connectivity index (χ0v) is 9.48. The monoisotopic (exact) mass is 250 g/mol. The summed E-state index contributed by atoms with van der Waals surface area (Å²) in [5.74, 6) is 0.0507. The normalized spacial score (nSPS) is 26.1. The van der Waals surface area contributed by atoms with Crippen molar-refractivity contribution in [2.75, 3.05) is 0 Å². The maximum atomic E-state index is 11.0. The molecule has 2 atom stereocenters. The van der Waals surface area contributed by atoms with Gasteiger partial charge in [0.05, 0.1) is 5.25 Å². The minimum atomic E-state index is -3.40. The lowest BCUT2D eigenvalue weighted by Crippen LogP contribution is -1.99. The predicted octanol–water partition coefficient (Wildman–Crippen LogP) is 2.76. The molecule has 0 aliphatic heterocycles.